The van der Waals surface area contributed by atoms with Crippen molar-refractivity contribution in [1.29, 1.82) is 0 Å². The Morgan fingerprint density at radius 1 is 1.15 bits per heavy atom. The Hall–Kier alpha value is -1.43. The monoisotopic (exact) mass is 361 g/mol. The molecule has 6 nitrogen and oxygen atoms in total. The molecule has 0 aliphatic heterocycles. The Morgan fingerprint density at radius 3 is 2.54 bits per heavy atom. The summed E-state index contributed by atoms with van der Waals surface area (Å²) in [7, 11) is 0. The SMILES string of the molecule is CCc1nnc(CN(CC)C(=O)[C@]23C[C@@H]4C[C@@](O)(C[C@@](CC)(C4)C2)C3)o1. The third-order valence-electron chi connectivity index (χ3n) is 7.16. The van der Waals surface area contributed by atoms with E-state index in [1.54, 1.807) is 0 Å². The molecule has 4 aliphatic carbocycles. The summed E-state index contributed by atoms with van der Waals surface area (Å²) in [6, 6.07) is 0. The van der Waals surface area contributed by atoms with Crippen LogP contribution in [0.2, 0.25) is 0 Å². The number of carbonyl (C=O) groups excluding carboxylic acids is 1. The summed E-state index contributed by atoms with van der Waals surface area (Å²) >= 11 is 0. The van der Waals surface area contributed by atoms with Gasteiger partial charge in [-0.05, 0) is 56.8 Å². The van der Waals surface area contributed by atoms with Crippen molar-refractivity contribution in [3.8, 4) is 0 Å². The van der Waals surface area contributed by atoms with Crippen LogP contribution < -0.4 is 0 Å². The fourth-order valence-corrected chi connectivity index (χ4v) is 6.54. The molecule has 1 aromatic rings. The molecule has 0 spiro atoms. The number of carbonyl (C=O) groups is 1. The lowest BCUT2D eigenvalue weighted by Gasteiger charge is -2.64. The summed E-state index contributed by atoms with van der Waals surface area (Å²) in [5.74, 6) is 1.77. The first-order chi connectivity index (χ1) is 12.3. The van der Waals surface area contributed by atoms with Gasteiger partial charge in [0.15, 0.2) is 0 Å². The standard InChI is InChI=1S/C20H31N3O3/c1-4-15-21-22-16(26-15)10-23(6-3)17(24)19-8-14-7-18(5-2,11-19)12-20(25,9-14)13-19/h14,25H,4-13H2,1-3H3/t14-,18+,19-,20-/m1/s1. The van der Waals surface area contributed by atoms with Crippen LogP contribution in [0.25, 0.3) is 0 Å². The second-order valence-corrected chi connectivity index (χ2v) is 9.13. The summed E-state index contributed by atoms with van der Waals surface area (Å²) in [5, 5.41) is 19.3. The predicted molar refractivity (Wildman–Crippen MR) is 96.1 cm³/mol. The van der Waals surface area contributed by atoms with Crippen LogP contribution in [0.4, 0.5) is 0 Å². The fraction of sp³-hybridized carbons (Fsp3) is 0.850. The number of aromatic nitrogens is 2. The smallest absolute Gasteiger partial charge is 0.235 e. The van der Waals surface area contributed by atoms with Gasteiger partial charge >= 0.3 is 0 Å². The van der Waals surface area contributed by atoms with Crippen molar-refractivity contribution < 1.29 is 14.3 Å². The van der Waals surface area contributed by atoms with Gasteiger partial charge in [0.2, 0.25) is 17.7 Å². The zero-order chi connectivity index (χ0) is 18.6. The predicted octanol–water partition coefficient (Wildman–Crippen LogP) is 3.09. The quantitative estimate of drug-likeness (QED) is 0.842. The first-order valence-electron chi connectivity index (χ1n) is 10.2. The Bertz CT molecular complexity index is 704. The molecule has 0 aromatic carbocycles. The number of aryl methyl sites for hydroxylation is 1. The largest absolute Gasteiger partial charge is 0.423 e. The molecular formula is C20H31N3O3. The summed E-state index contributed by atoms with van der Waals surface area (Å²) in [4.78, 5) is 15.5. The van der Waals surface area contributed by atoms with Gasteiger partial charge in [-0.1, -0.05) is 20.3 Å². The van der Waals surface area contributed by atoms with E-state index in [0.29, 0.717) is 43.6 Å². The summed E-state index contributed by atoms with van der Waals surface area (Å²) < 4.78 is 5.63. The molecule has 5 rings (SSSR count). The van der Waals surface area contributed by atoms with Crippen LogP contribution in [0, 0.1) is 16.7 Å². The van der Waals surface area contributed by atoms with Gasteiger partial charge in [-0.25, -0.2) is 0 Å². The molecule has 1 heterocycles. The summed E-state index contributed by atoms with van der Waals surface area (Å²) in [6.07, 6.45) is 7.15. The van der Waals surface area contributed by atoms with Crippen molar-refractivity contribution in [2.75, 3.05) is 6.54 Å². The number of amides is 1. The lowest BCUT2D eigenvalue weighted by molar-refractivity contribution is -0.210. The van der Waals surface area contributed by atoms with E-state index >= 15 is 0 Å². The number of hydrogen-bond acceptors (Lipinski definition) is 5. The van der Waals surface area contributed by atoms with Gasteiger partial charge in [0, 0.05) is 13.0 Å². The first kappa shape index (κ1) is 18.0. The highest BCUT2D eigenvalue weighted by atomic mass is 16.4. The van der Waals surface area contributed by atoms with Crippen molar-refractivity contribution in [2.24, 2.45) is 16.7 Å². The minimum atomic E-state index is -0.648. The Morgan fingerprint density at radius 2 is 1.92 bits per heavy atom. The maximum Gasteiger partial charge on any atom is 0.235 e. The number of rotatable bonds is 6. The molecule has 1 aromatic heterocycles. The third kappa shape index (κ3) is 2.77. The molecular weight excluding hydrogens is 330 g/mol. The maximum absolute atomic E-state index is 13.6. The second kappa shape index (κ2) is 6.04. The molecule has 26 heavy (non-hydrogen) atoms. The van der Waals surface area contributed by atoms with E-state index in [2.05, 4.69) is 17.1 Å². The molecule has 0 radical (unpaired) electrons. The van der Waals surface area contributed by atoms with Crippen molar-refractivity contribution in [3.05, 3.63) is 11.8 Å². The molecule has 4 fully saturated rings. The van der Waals surface area contributed by atoms with Crippen LogP contribution in [0.5, 0.6) is 0 Å². The molecule has 1 amide bonds. The summed E-state index contributed by atoms with van der Waals surface area (Å²) in [5.41, 5.74) is -0.915. The van der Waals surface area contributed by atoms with E-state index in [1.807, 2.05) is 18.7 Å². The van der Waals surface area contributed by atoms with Crippen LogP contribution in [0.15, 0.2) is 4.42 Å². The van der Waals surface area contributed by atoms with Crippen molar-refractivity contribution in [3.63, 3.8) is 0 Å². The minimum Gasteiger partial charge on any atom is -0.423 e. The number of hydrogen-bond donors (Lipinski definition) is 1. The van der Waals surface area contributed by atoms with Crippen molar-refractivity contribution in [2.45, 2.75) is 84.3 Å². The van der Waals surface area contributed by atoms with E-state index in [9.17, 15) is 9.90 Å². The Balaban J connectivity index is 1.59. The van der Waals surface area contributed by atoms with E-state index in [4.69, 9.17) is 4.42 Å². The van der Waals surface area contributed by atoms with E-state index in [-0.39, 0.29) is 11.3 Å². The highest BCUT2D eigenvalue weighted by Gasteiger charge is 2.65. The molecule has 1 N–H and O–H groups in total. The van der Waals surface area contributed by atoms with Crippen LogP contribution in [0.1, 0.15) is 77.5 Å². The molecule has 144 valence electrons. The van der Waals surface area contributed by atoms with Gasteiger partial charge < -0.3 is 14.4 Å². The molecule has 0 unspecified atom stereocenters. The summed E-state index contributed by atoms with van der Waals surface area (Å²) in [6.45, 7) is 7.18. The molecule has 6 heteroatoms. The van der Waals surface area contributed by atoms with Crippen LogP contribution in [0.3, 0.4) is 0 Å². The fourth-order valence-electron chi connectivity index (χ4n) is 6.54. The van der Waals surface area contributed by atoms with Gasteiger partial charge in [0.1, 0.15) is 0 Å². The average molecular weight is 361 g/mol. The average Bonchev–Trinajstić information content (AvgIpc) is 3.04. The topological polar surface area (TPSA) is 79.5 Å². The Labute approximate surface area is 155 Å². The zero-order valence-electron chi connectivity index (χ0n) is 16.3. The van der Waals surface area contributed by atoms with Gasteiger partial charge in [-0.15, -0.1) is 10.2 Å². The van der Waals surface area contributed by atoms with Gasteiger partial charge in [0.25, 0.3) is 0 Å². The highest BCUT2D eigenvalue weighted by Crippen LogP contribution is 2.68. The van der Waals surface area contributed by atoms with E-state index in [0.717, 1.165) is 32.1 Å². The molecule has 4 bridgehead atoms. The normalized spacial score (nSPS) is 37.9. The maximum atomic E-state index is 13.6. The van der Waals surface area contributed by atoms with Gasteiger partial charge in [-0.3, -0.25) is 4.79 Å². The Kier molecular flexibility index (Phi) is 4.17. The molecule has 4 atom stereocenters. The molecule has 0 saturated heterocycles. The molecule has 4 saturated carbocycles. The number of aliphatic hydroxyl groups is 1. The van der Waals surface area contributed by atoms with Crippen LogP contribution in [-0.2, 0) is 17.8 Å². The minimum absolute atomic E-state index is 0.142. The first-order valence-corrected chi connectivity index (χ1v) is 10.2. The van der Waals surface area contributed by atoms with Gasteiger partial charge in [0.05, 0.1) is 17.6 Å². The zero-order valence-corrected chi connectivity index (χ0v) is 16.3. The molecule has 4 aliphatic rings. The van der Waals surface area contributed by atoms with Crippen molar-refractivity contribution >= 4 is 5.91 Å². The van der Waals surface area contributed by atoms with Crippen LogP contribution >= 0.6 is 0 Å². The lowest BCUT2D eigenvalue weighted by atomic mass is 9.42. The van der Waals surface area contributed by atoms with Crippen LogP contribution in [-0.4, -0.2) is 38.3 Å². The number of nitrogens with zero attached hydrogens (tertiary/aromatic N) is 3. The highest BCUT2D eigenvalue weighted by molar-refractivity contribution is 5.83. The second-order valence-electron chi connectivity index (χ2n) is 9.13. The van der Waals surface area contributed by atoms with E-state index in [1.165, 1.54) is 6.42 Å². The van der Waals surface area contributed by atoms with Crippen molar-refractivity contribution in [1.82, 2.24) is 15.1 Å². The lowest BCUT2D eigenvalue weighted by Crippen LogP contribution is -2.64. The van der Waals surface area contributed by atoms with E-state index < -0.39 is 11.0 Å². The van der Waals surface area contributed by atoms with Gasteiger partial charge in [-0.2, -0.15) is 0 Å². The third-order valence-corrected chi connectivity index (χ3v) is 7.16.